The van der Waals surface area contributed by atoms with Crippen LogP contribution in [0, 0.1) is 0 Å². The highest BCUT2D eigenvalue weighted by Crippen LogP contribution is 2.11. The van der Waals surface area contributed by atoms with Gasteiger partial charge >= 0.3 is 0 Å². The number of aliphatic hydroxyl groups is 1. The highest BCUT2D eigenvalue weighted by molar-refractivity contribution is 7.89. The van der Waals surface area contributed by atoms with Crippen molar-refractivity contribution in [2.24, 2.45) is 0 Å². The Labute approximate surface area is 107 Å². The molecule has 0 aliphatic heterocycles. The van der Waals surface area contributed by atoms with Crippen molar-refractivity contribution in [3.05, 3.63) is 24.3 Å². The van der Waals surface area contributed by atoms with Gasteiger partial charge in [-0.05, 0) is 30.7 Å². The van der Waals surface area contributed by atoms with Gasteiger partial charge in [0.2, 0.25) is 10.0 Å². The van der Waals surface area contributed by atoms with E-state index in [1.807, 2.05) is 0 Å². The van der Waals surface area contributed by atoms with Gasteiger partial charge in [0, 0.05) is 19.3 Å². The molecule has 4 N–H and O–H groups in total. The quantitative estimate of drug-likeness (QED) is 0.605. The van der Waals surface area contributed by atoms with Gasteiger partial charge in [-0.25, -0.2) is 13.1 Å². The zero-order valence-electron chi connectivity index (χ0n) is 10.2. The molecule has 0 heterocycles. The monoisotopic (exact) mass is 274 g/mol. The molecule has 0 amide bonds. The maximum absolute atomic E-state index is 11.8. The standard InChI is InChI=1S/C11H18N2O4S/c1-17-8-10(14)6-7-13-18(15,16)11-4-2-9(12)3-5-11/h2-5,10,13-14H,6-8,12H2,1H3. The van der Waals surface area contributed by atoms with Crippen molar-refractivity contribution in [1.82, 2.24) is 4.72 Å². The van der Waals surface area contributed by atoms with Gasteiger partial charge in [-0.15, -0.1) is 0 Å². The summed E-state index contributed by atoms with van der Waals surface area (Å²) < 4.78 is 30.8. The van der Waals surface area contributed by atoms with Gasteiger partial charge in [-0.3, -0.25) is 0 Å². The van der Waals surface area contributed by atoms with Gasteiger partial charge in [0.1, 0.15) is 0 Å². The van der Waals surface area contributed by atoms with E-state index < -0.39 is 16.1 Å². The number of hydrogen-bond donors (Lipinski definition) is 3. The molecule has 0 bridgehead atoms. The van der Waals surface area contributed by atoms with E-state index in [2.05, 4.69) is 4.72 Å². The first-order valence-electron chi connectivity index (χ1n) is 5.48. The fourth-order valence-corrected chi connectivity index (χ4v) is 2.41. The Balaban J connectivity index is 2.52. The Morgan fingerprint density at radius 3 is 2.56 bits per heavy atom. The molecule has 0 saturated carbocycles. The number of benzene rings is 1. The number of sulfonamides is 1. The largest absolute Gasteiger partial charge is 0.399 e. The van der Waals surface area contributed by atoms with E-state index in [1.54, 1.807) is 0 Å². The lowest BCUT2D eigenvalue weighted by atomic mass is 10.3. The fraction of sp³-hybridized carbons (Fsp3) is 0.455. The molecular weight excluding hydrogens is 256 g/mol. The minimum atomic E-state index is -3.55. The van der Waals surface area contributed by atoms with Crippen LogP contribution in [0.15, 0.2) is 29.2 Å². The van der Waals surface area contributed by atoms with Gasteiger partial charge in [0.05, 0.1) is 17.6 Å². The van der Waals surface area contributed by atoms with Crippen LogP contribution in [-0.2, 0) is 14.8 Å². The number of aliphatic hydroxyl groups excluding tert-OH is 1. The Bertz CT molecular complexity index is 458. The molecule has 0 aliphatic rings. The highest BCUT2D eigenvalue weighted by atomic mass is 32.2. The Kier molecular flexibility index (Phi) is 5.54. The van der Waals surface area contributed by atoms with Crippen molar-refractivity contribution >= 4 is 15.7 Å². The third-order valence-electron chi connectivity index (χ3n) is 2.32. The molecule has 1 aromatic rings. The molecule has 18 heavy (non-hydrogen) atoms. The summed E-state index contributed by atoms with van der Waals surface area (Å²) in [4.78, 5) is 0.151. The van der Waals surface area contributed by atoms with Crippen LogP contribution in [0.5, 0.6) is 0 Å². The van der Waals surface area contributed by atoms with Crippen LogP contribution < -0.4 is 10.5 Å². The minimum Gasteiger partial charge on any atom is -0.399 e. The van der Waals surface area contributed by atoms with Crippen LogP contribution in [0.2, 0.25) is 0 Å². The lowest BCUT2D eigenvalue weighted by Crippen LogP contribution is -2.28. The first-order valence-corrected chi connectivity index (χ1v) is 6.96. The number of hydrogen-bond acceptors (Lipinski definition) is 5. The van der Waals surface area contributed by atoms with Crippen molar-refractivity contribution in [3.8, 4) is 0 Å². The minimum absolute atomic E-state index is 0.150. The summed E-state index contributed by atoms with van der Waals surface area (Å²) in [6.45, 7) is 0.334. The topological polar surface area (TPSA) is 102 Å². The number of methoxy groups -OCH3 is 1. The molecule has 0 radical (unpaired) electrons. The Morgan fingerprint density at radius 1 is 1.39 bits per heavy atom. The van der Waals surface area contributed by atoms with E-state index in [9.17, 15) is 13.5 Å². The van der Waals surface area contributed by atoms with E-state index in [0.29, 0.717) is 12.1 Å². The molecule has 1 unspecified atom stereocenters. The normalized spacial score (nSPS) is 13.4. The number of rotatable bonds is 7. The van der Waals surface area contributed by atoms with Gasteiger partial charge in [0.15, 0.2) is 0 Å². The molecule has 6 nitrogen and oxygen atoms in total. The molecule has 102 valence electrons. The SMILES string of the molecule is COCC(O)CCNS(=O)(=O)c1ccc(N)cc1. The average molecular weight is 274 g/mol. The zero-order valence-corrected chi connectivity index (χ0v) is 11.0. The molecule has 1 aromatic carbocycles. The van der Waals surface area contributed by atoms with Crippen molar-refractivity contribution in [2.45, 2.75) is 17.4 Å². The summed E-state index contributed by atoms with van der Waals surface area (Å²) in [5.74, 6) is 0. The predicted molar refractivity (Wildman–Crippen MR) is 68.5 cm³/mol. The van der Waals surface area contributed by atoms with Gasteiger partial charge in [0.25, 0.3) is 0 Å². The molecule has 1 atom stereocenters. The summed E-state index contributed by atoms with van der Waals surface area (Å²) in [5, 5.41) is 9.38. The maximum atomic E-state index is 11.8. The van der Waals surface area contributed by atoms with E-state index in [4.69, 9.17) is 10.5 Å². The Morgan fingerprint density at radius 2 is 2.00 bits per heavy atom. The maximum Gasteiger partial charge on any atom is 0.240 e. The average Bonchev–Trinajstić information content (AvgIpc) is 2.29. The molecule has 0 saturated heterocycles. The van der Waals surface area contributed by atoms with E-state index >= 15 is 0 Å². The number of anilines is 1. The second kappa shape index (κ2) is 6.69. The first kappa shape index (κ1) is 14.9. The number of nitrogens with one attached hydrogen (secondary N) is 1. The molecule has 0 fully saturated rings. The van der Waals surface area contributed by atoms with Crippen LogP contribution in [0.25, 0.3) is 0 Å². The van der Waals surface area contributed by atoms with Crippen LogP contribution in [0.3, 0.4) is 0 Å². The number of nitrogens with two attached hydrogens (primary N) is 1. The third-order valence-corrected chi connectivity index (χ3v) is 3.80. The molecular formula is C11H18N2O4S. The van der Waals surface area contributed by atoms with Crippen molar-refractivity contribution in [1.29, 1.82) is 0 Å². The number of ether oxygens (including phenoxy) is 1. The van der Waals surface area contributed by atoms with Gasteiger partial charge < -0.3 is 15.6 Å². The third kappa shape index (κ3) is 4.61. The van der Waals surface area contributed by atoms with Crippen LogP contribution >= 0.6 is 0 Å². The van der Waals surface area contributed by atoms with Gasteiger partial charge in [-0.1, -0.05) is 0 Å². The molecule has 1 rings (SSSR count). The van der Waals surface area contributed by atoms with Crippen molar-refractivity contribution in [3.63, 3.8) is 0 Å². The van der Waals surface area contributed by atoms with Crippen LogP contribution in [0.1, 0.15) is 6.42 Å². The molecule has 0 aliphatic carbocycles. The molecule has 7 heteroatoms. The summed E-state index contributed by atoms with van der Waals surface area (Å²) >= 11 is 0. The van der Waals surface area contributed by atoms with Gasteiger partial charge in [-0.2, -0.15) is 0 Å². The zero-order chi connectivity index (χ0) is 13.6. The predicted octanol–water partition coefficient (Wildman–Crippen LogP) is -0.0555. The fourth-order valence-electron chi connectivity index (χ4n) is 1.37. The van der Waals surface area contributed by atoms with E-state index in [0.717, 1.165) is 0 Å². The van der Waals surface area contributed by atoms with Crippen molar-refractivity contribution < 1.29 is 18.3 Å². The second-order valence-electron chi connectivity index (χ2n) is 3.86. The second-order valence-corrected chi connectivity index (χ2v) is 5.63. The lowest BCUT2D eigenvalue weighted by molar-refractivity contribution is 0.0603. The first-order chi connectivity index (χ1) is 8.45. The summed E-state index contributed by atoms with van der Waals surface area (Å²) in [7, 11) is -2.07. The highest BCUT2D eigenvalue weighted by Gasteiger charge is 2.13. The van der Waals surface area contributed by atoms with Crippen LogP contribution in [-0.4, -0.2) is 39.9 Å². The molecule has 0 aromatic heterocycles. The summed E-state index contributed by atoms with van der Waals surface area (Å²) in [5.41, 5.74) is 5.99. The number of nitrogen functional groups attached to an aromatic ring is 1. The summed E-state index contributed by atoms with van der Waals surface area (Å²) in [6.07, 6.45) is -0.383. The molecule has 0 spiro atoms. The Hall–Kier alpha value is -1.15. The van der Waals surface area contributed by atoms with E-state index in [1.165, 1.54) is 31.4 Å². The summed E-state index contributed by atoms with van der Waals surface area (Å²) in [6, 6.07) is 5.91. The smallest absolute Gasteiger partial charge is 0.240 e. The van der Waals surface area contributed by atoms with Crippen molar-refractivity contribution in [2.75, 3.05) is 26.0 Å². The lowest BCUT2D eigenvalue weighted by Gasteiger charge is -2.10. The van der Waals surface area contributed by atoms with E-state index in [-0.39, 0.29) is 18.0 Å². The van der Waals surface area contributed by atoms with Crippen LogP contribution in [0.4, 0.5) is 5.69 Å².